The Hall–Kier alpha value is -2.19. The highest BCUT2D eigenvalue weighted by molar-refractivity contribution is 7.98. The molecular formula is C16H16ClN3O4S. The molecule has 0 bridgehead atoms. The zero-order chi connectivity index (χ0) is 18.0. The van der Waals surface area contributed by atoms with Gasteiger partial charge in [0.05, 0.1) is 10.6 Å². The van der Waals surface area contributed by atoms with Crippen LogP contribution in [0.25, 0.3) is 0 Å². The Balaban J connectivity index is 2.16. The highest BCUT2D eigenvalue weighted by Gasteiger charge is 2.32. The molecule has 25 heavy (non-hydrogen) atoms. The summed E-state index contributed by atoms with van der Waals surface area (Å²) in [5, 5.41) is 1.08. The molecule has 1 aromatic carbocycles. The molecule has 0 radical (unpaired) electrons. The molecule has 0 N–H and O–H groups in total. The number of aromatic nitrogens is 2. The molecule has 9 heteroatoms. The molecule has 1 aromatic heterocycles. The molecule has 1 aliphatic heterocycles. The molecule has 1 aliphatic rings. The number of thioether (sulfide) groups is 1. The van der Waals surface area contributed by atoms with E-state index in [1.165, 1.54) is 23.0 Å². The summed E-state index contributed by atoms with van der Waals surface area (Å²) < 4.78 is 16.7. The van der Waals surface area contributed by atoms with Crippen molar-refractivity contribution in [2.75, 3.05) is 27.1 Å². The Morgan fingerprint density at radius 3 is 2.92 bits per heavy atom. The summed E-state index contributed by atoms with van der Waals surface area (Å²) in [5.41, 5.74) is 1.13. The van der Waals surface area contributed by atoms with E-state index >= 15 is 0 Å². The second-order valence-electron chi connectivity index (χ2n) is 5.34. The third-order valence-corrected chi connectivity index (χ3v) is 4.61. The van der Waals surface area contributed by atoms with Gasteiger partial charge in [0.25, 0.3) is 0 Å². The van der Waals surface area contributed by atoms with Gasteiger partial charge in [0.2, 0.25) is 6.79 Å². The van der Waals surface area contributed by atoms with E-state index < -0.39 is 12.2 Å². The van der Waals surface area contributed by atoms with Gasteiger partial charge in [-0.25, -0.2) is 14.8 Å². The number of rotatable bonds is 4. The van der Waals surface area contributed by atoms with Crippen LogP contribution in [0.2, 0.25) is 5.02 Å². The van der Waals surface area contributed by atoms with Crippen molar-refractivity contribution in [1.29, 1.82) is 0 Å². The molecule has 1 amide bonds. The lowest BCUT2D eigenvalue weighted by atomic mass is 10.0. The summed E-state index contributed by atoms with van der Waals surface area (Å²) in [6.07, 6.45) is 3.58. The van der Waals surface area contributed by atoms with E-state index in [1.807, 2.05) is 6.26 Å². The van der Waals surface area contributed by atoms with Crippen LogP contribution >= 0.6 is 23.4 Å². The quantitative estimate of drug-likeness (QED) is 0.593. The Morgan fingerprint density at radius 1 is 1.40 bits per heavy atom. The molecule has 2 aromatic rings. The van der Waals surface area contributed by atoms with Crippen LogP contribution in [0.5, 0.6) is 11.5 Å². The predicted octanol–water partition coefficient (Wildman–Crippen LogP) is 3.37. The van der Waals surface area contributed by atoms with Crippen molar-refractivity contribution in [1.82, 2.24) is 14.9 Å². The number of halogens is 1. The average molecular weight is 382 g/mol. The summed E-state index contributed by atoms with van der Waals surface area (Å²) in [7, 11) is 3.21. The molecule has 2 heterocycles. The summed E-state index contributed by atoms with van der Waals surface area (Å²) in [6, 6.07) is 3.40. The maximum Gasteiger partial charge on any atom is 0.410 e. The molecule has 7 nitrogen and oxygen atoms in total. The minimum atomic E-state index is -0.831. The van der Waals surface area contributed by atoms with Gasteiger partial charge in [0.15, 0.2) is 17.6 Å². The summed E-state index contributed by atoms with van der Waals surface area (Å²) >= 11 is 7.84. The Labute approximate surface area is 154 Å². The fourth-order valence-electron chi connectivity index (χ4n) is 2.38. The standard InChI is InChI=1S/C16H16ClN3O4S/c1-20(2)16(21)24-13(9-6-18-7-19-15(9)25-3)12-10(17)4-5-11-14(12)23-8-22-11/h4-7,13H,8H2,1-3H3. The third-order valence-electron chi connectivity index (χ3n) is 3.55. The molecule has 1 atom stereocenters. The van der Waals surface area contributed by atoms with Gasteiger partial charge in [-0.05, 0) is 18.4 Å². The van der Waals surface area contributed by atoms with Gasteiger partial charge < -0.3 is 19.1 Å². The van der Waals surface area contributed by atoms with Gasteiger partial charge in [-0.2, -0.15) is 0 Å². The van der Waals surface area contributed by atoms with E-state index in [0.717, 1.165) is 0 Å². The third kappa shape index (κ3) is 3.45. The SMILES string of the molecule is CSc1ncncc1C(OC(=O)N(C)C)c1c(Cl)ccc2c1OCO2. The number of nitrogens with zero attached hydrogens (tertiary/aromatic N) is 3. The molecule has 0 aliphatic carbocycles. The summed E-state index contributed by atoms with van der Waals surface area (Å²) in [4.78, 5) is 21.9. The first-order valence-electron chi connectivity index (χ1n) is 7.32. The fourth-order valence-corrected chi connectivity index (χ4v) is 3.17. The van der Waals surface area contributed by atoms with Crippen LogP contribution in [0.1, 0.15) is 17.2 Å². The summed E-state index contributed by atoms with van der Waals surface area (Å²) in [5.74, 6) is 1.01. The number of ether oxygens (including phenoxy) is 3. The van der Waals surface area contributed by atoms with Gasteiger partial charge >= 0.3 is 6.09 Å². The van der Waals surface area contributed by atoms with E-state index in [1.54, 1.807) is 32.4 Å². The molecule has 0 saturated carbocycles. The second-order valence-corrected chi connectivity index (χ2v) is 6.54. The molecule has 3 rings (SSSR count). The maximum atomic E-state index is 12.3. The van der Waals surface area contributed by atoms with E-state index in [0.29, 0.717) is 32.7 Å². The number of amides is 1. The monoisotopic (exact) mass is 381 g/mol. The highest BCUT2D eigenvalue weighted by Crippen LogP contribution is 2.46. The smallest absolute Gasteiger partial charge is 0.410 e. The van der Waals surface area contributed by atoms with Crippen molar-refractivity contribution in [2.45, 2.75) is 11.1 Å². The van der Waals surface area contributed by atoms with Gasteiger partial charge in [-0.15, -0.1) is 11.8 Å². The lowest BCUT2D eigenvalue weighted by Gasteiger charge is -2.23. The largest absolute Gasteiger partial charge is 0.454 e. The van der Waals surface area contributed by atoms with Crippen LogP contribution in [-0.2, 0) is 4.74 Å². The van der Waals surface area contributed by atoms with E-state index in [-0.39, 0.29) is 6.79 Å². The molecule has 1 unspecified atom stereocenters. The minimum absolute atomic E-state index is 0.0810. The minimum Gasteiger partial charge on any atom is -0.454 e. The second kappa shape index (κ2) is 7.37. The number of hydrogen-bond acceptors (Lipinski definition) is 7. The number of carbonyl (C=O) groups is 1. The molecule has 0 spiro atoms. The van der Waals surface area contributed by atoms with Crippen LogP contribution in [-0.4, -0.2) is 48.1 Å². The van der Waals surface area contributed by atoms with Crippen molar-refractivity contribution >= 4 is 29.5 Å². The zero-order valence-electron chi connectivity index (χ0n) is 13.9. The van der Waals surface area contributed by atoms with Crippen LogP contribution in [0.3, 0.4) is 0 Å². The number of hydrogen-bond donors (Lipinski definition) is 0. The lowest BCUT2D eigenvalue weighted by molar-refractivity contribution is 0.0880. The molecule has 132 valence electrons. The highest BCUT2D eigenvalue weighted by atomic mass is 35.5. The van der Waals surface area contributed by atoms with Crippen LogP contribution < -0.4 is 9.47 Å². The van der Waals surface area contributed by atoms with Crippen molar-refractivity contribution in [2.24, 2.45) is 0 Å². The topological polar surface area (TPSA) is 73.8 Å². The number of carbonyl (C=O) groups excluding carboxylic acids is 1. The zero-order valence-corrected chi connectivity index (χ0v) is 15.4. The van der Waals surface area contributed by atoms with Gasteiger partial charge in [-0.1, -0.05) is 11.6 Å². The van der Waals surface area contributed by atoms with Crippen molar-refractivity contribution < 1.29 is 19.0 Å². The van der Waals surface area contributed by atoms with Gasteiger partial charge in [-0.3, -0.25) is 0 Å². The Bertz CT molecular complexity index is 803. The molecule has 0 fully saturated rings. The average Bonchev–Trinajstić information content (AvgIpc) is 3.08. The van der Waals surface area contributed by atoms with Crippen LogP contribution in [0.4, 0.5) is 4.79 Å². The van der Waals surface area contributed by atoms with Crippen LogP contribution in [0, 0.1) is 0 Å². The number of benzene rings is 1. The lowest BCUT2D eigenvalue weighted by Crippen LogP contribution is -2.26. The predicted molar refractivity (Wildman–Crippen MR) is 93.4 cm³/mol. The van der Waals surface area contributed by atoms with Crippen molar-refractivity contribution in [3.63, 3.8) is 0 Å². The Morgan fingerprint density at radius 2 is 2.20 bits per heavy atom. The normalized spacial score (nSPS) is 13.4. The first-order valence-corrected chi connectivity index (χ1v) is 8.93. The first kappa shape index (κ1) is 17.6. The summed E-state index contributed by atoms with van der Waals surface area (Å²) in [6.45, 7) is 0.0810. The Kier molecular flexibility index (Phi) is 5.19. The first-order chi connectivity index (χ1) is 12.0. The molecule has 0 saturated heterocycles. The van der Waals surface area contributed by atoms with Crippen molar-refractivity contribution in [3.8, 4) is 11.5 Å². The number of fused-ring (bicyclic) bond motifs is 1. The van der Waals surface area contributed by atoms with Crippen molar-refractivity contribution in [3.05, 3.63) is 40.8 Å². The molecular weight excluding hydrogens is 366 g/mol. The van der Waals surface area contributed by atoms with Gasteiger partial charge in [0.1, 0.15) is 11.4 Å². The van der Waals surface area contributed by atoms with E-state index in [4.69, 9.17) is 25.8 Å². The van der Waals surface area contributed by atoms with E-state index in [9.17, 15) is 4.79 Å². The maximum absolute atomic E-state index is 12.3. The van der Waals surface area contributed by atoms with Crippen LogP contribution in [0.15, 0.2) is 29.7 Å². The fraction of sp³-hybridized carbons (Fsp3) is 0.312. The van der Waals surface area contributed by atoms with E-state index in [2.05, 4.69) is 9.97 Å². The van der Waals surface area contributed by atoms with Gasteiger partial charge in [0, 0.05) is 25.9 Å².